The molecule has 0 bridgehead atoms. The summed E-state index contributed by atoms with van der Waals surface area (Å²) in [7, 11) is 0. The van der Waals surface area contributed by atoms with Gasteiger partial charge >= 0.3 is 0 Å². The molecule has 94 valence electrons. The first-order valence-electron chi connectivity index (χ1n) is 6.02. The third-order valence-electron chi connectivity index (χ3n) is 2.66. The van der Waals surface area contributed by atoms with E-state index in [-0.39, 0.29) is 0 Å². The van der Waals surface area contributed by atoms with Crippen molar-refractivity contribution in [2.24, 2.45) is 0 Å². The van der Waals surface area contributed by atoms with Crippen LogP contribution < -0.4 is 5.32 Å². The highest BCUT2D eigenvalue weighted by atomic mass is 32.1. The molecule has 0 fully saturated rings. The van der Waals surface area contributed by atoms with Gasteiger partial charge in [0.15, 0.2) is 0 Å². The van der Waals surface area contributed by atoms with Gasteiger partial charge in [-0.3, -0.25) is 0 Å². The fraction of sp³-hybridized carbons (Fsp3) is 0.385. The Bertz CT molecular complexity index is 495. The van der Waals surface area contributed by atoms with Gasteiger partial charge in [-0.05, 0) is 25.5 Å². The molecule has 0 amide bonds. The van der Waals surface area contributed by atoms with E-state index >= 15 is 0 Å². The molecule has 18 heavy (non-hydrogen) atoms. The van der Waals surface area contributed by atoms with Crippen LogP contribution in [-0.2, 0) is 13.1 Å². The van der Waals surface area contributed by atoms with E-state index in [9.17, 15) is 0 Å². The van der Waals surface area contributed by atoms with Crippen molar-refractivity contribution >= 4 is 11.3 Å². The van der Waals surface area contributed by atoms with E-state index in [0.717, 1.165) is 38.0 Å². The molecular formula is C13H16N4S. The highest BCUT2D eigenvalue weighted by Gasteiger charge is 1.98. The monoisotopic (exact) mass is 260 g/mol. The van der Waals surface area contributed by atoms with E-state index in [0.29, 0.717) is 0 Å². The molecule has 0 aromatic carbocycles. The number of imidazole rings is 1. The van der Waals surface area contributed by atoms with Crippen molar-refractivity contribution in [3.05, 3.63) is 40.6 Å². The summed E-state index contributed by atoms with van der Waals surface area (Å²) in [5.41, 5.74) is 0.761. The second kappa shape index (κ2) is 6.94. The molecule has 0 aliphatic rings. The molecule has 2 rings (SSSR count). The Hall–Kier alpha value is -1.64. The van der Waals surface area contributed by atoms with Crippen LogP contribution in [0, 0.1) is 11.3 Å². The van der Waals surface area contributed by atoms with Crippen molar-refractivity contribution in [1.82, 2.24) is 14.9 Å². The van der Waals surface area contributed by atoms with Crippen LogP contribution in [0.4, 0.5) is 0 Å². The van der Waals surface area contributed by atoms with Crippen molar-refractivity contribution in [2.75, 3.05) is 6.54 Å². The lowest BCUT2D eigenvalue weighted by atomic mass is 10.3. The smallest absolute Gasteiger partial charge is 0.100 e. The van der Waals surface area contributed by atoms with Gasteiger partial charge in [-0.15, -0.1) is 11.3 Å². The quantitative estimate of drug-likeness (QED) is 0.778. The molecule has 0 aliphatic carbocycles. The van der Waals surface area contributed by atoms with Crippen LogP contribution in [0.3, 0.4) is 0 Å². The van der Waals surface area contributed by atoms with Gasteiger partial charge in [-0.2, -0.15) is 5.26 Å². The van der Waals surface area contributed by atoms with Gasteiger partial charge in [0.2, 0.25) is 0 Å². The van der Waals surface area contributed by atoms with Crippen molar-refractivity contribution in [3.8, 4) is 6.07 Å². The fourth-order valence-corrected chi connectivity index (χ4v) is 2.49. The predicted octanol–water partition coefficient (Wildman–Crippen LogP) is 2.39. The van der Waals surface area contributed by atoms with Crippen LogP contribution in [0.5, 0.6) is 0 Å². The summed E-state index contributed by atoms with van der Waals surface area (Å²) < 4.78 is 2.10. The summed E-state index contributed by atoms with van der Waals surface area (Å²) in [5, 5.41) is 14.0. The SMILES string of the molecule is N#Cc1csc(CNCCCCn2ccnc2)c1. The van der Waals surface area contributed by atoms with Gasteiger partial charge in [-0.1, -0.05) is 0 Å². The number of hydrogen-bond acceptors (Lipinski definition) is 4. The molecule has 0 aliphatic heterocycles. The maximum Gasteiger partial charge on any atom is 0.100 e. The van der Waals surface area contributed by atoms with E-state index in [4.69, 9.17) is 5.26 Å². The summed E-state index contributed by atoms with van der Waals surface area (Å²) >= 11 is 1.64. The second-order valence-corrected chi connectivity index (χ2v) is 5.09. The molecular weight excluding hydrogens is 244 g/mol. The van der Waals surface area contributed by atoms with Crippen molar-refractivity contribution in [1.29, 1.82) is 5.26 Å². The van der Waals surface area contributed by atoms with Crippen LogP contribution in [0.25, 0.3) is 0 Å². The van der Waals surface area contributed by atoms with E-state index in [1.54, 1.807) is 11.3 Å². The largest absolute Gasteiger partial charge is 0.337 e. The zero-order chi connectivity index (χ0) is 12.6. The van der Waals surface area contributed by atoms with Gasteiger partial charge < -0.3 is 9.88 Å². The molecule has 0 spiro atoms. The zero-order valence-electron chi connectivity index (χ0n) is 10.2. The predicted molar refractivity (Wildman–Crippen MR) is 72.2 cm³/mol. The average Bonchev–Trinajstić information content (AvgIpc) is 3.04. The summed E-state index contributed by atoms with van der Waals surface area (Å²) in [6, 6.07) is 4.10. The number of aromatic nitrogens is 2. The topological polar surface area (TPSA) is 53.6 Å². The lowest BCUT2D eigenvalue weighted by Crippen LogP contribution is -2.14. The van der Waals surface area contributed by atoms with E-state index in [2.05, 4.69) is 20.9 Å². The molecule has 0 radical (unpaired) electrons. The highest BCUT2D eigenvalue weighted by Crippen LogP contribution is 2.13. The minimum Gasteiger partial charge on any atom is -0.337 e. The Morgan fingerprint density at radius 3 is 3.11 bits per heavy atom. The molecule has 2 aromatic heterocycles. The summed E-state index contributed by atoms with van der Waals surface area (Å²) in [6.45, 7) is 2.89. The Morgan fingerprint density at radius 1 is 1.44 bits per heavy atom. The number of nitrogens with zero attached hydrogens (tertiary/aromatic N) is 3. The number of rotatable bonds is 7. The van der Waals surface area contributed by atoms with Gasteiger partial charge in [-0.25, -0.2) is 4.98 Å². The number of nitriles is 1. The molecule has 0 atom stereocenters. The Balaban J connectivity index is 1.55. The van der Waals surface area contributed by atoms with Crippen LogP contribution in [0.2, 0.25) is 0 Å². The van der Waals surface area contributed by atoms with E-state index in [1.165, 1.54) is 4.88 Å². The fourth-order valence-electron chi connectivity index (χ4n) is 1.71. The summed E-state index contributed by atoms with van der Waals surface area (Å²) in [6.07, 6.45) is 7.94. The second-order valence-electron chi connectivity index (χ2n) is 4.10. The van der Waals surface area contributed by atoms with Crippen molar-refractivity contribution in [3.63, 3.8) is 0 Å². The number of thiophene rings is 1. The van der Waals surface area contributed by atoms with Crippen LogP contribution in [-0.4, -0.2) is 16.1 Å². The minimum atomic E-state index is 0.761. The maximum absolute atomic E-state index is 8.71. The number of aryl methyl sites for hydroxylation is 1. The lowest BCUT2D eigenvalue weighted by Gasteiger charge is -2.03. The first-order chi connectivity index (χ1) is 8.88. The third-order valence-corrected chi connectivity index (χ3v) is 3.60. The molecule has 0 unspecified atom stereocenters. The maximum atomic E-state index is 8.71. The number of hydrogen-bond donors (Lipinski definition) is 1. The van der Waals surface area contributed by atoms with Crippen molar-refractivity contribution in [2.45, 2.75) is 25.9 Å². The molecule has 0 saturated heterocycles. The summed E-state index contributed by atoms with van der Waals surface area (Å²) in [4.78, 5) is 5.23. The third kappa shape index (κ3) is 3.99. The average molecular weight is 260 g/mol. The van der Waals surface area contributed by atoms with Crippen LogP contribution >= 0.6 is 11.3 Å². The van der Waals surface area contributed by atoms with Crippen molar-refractivity contribution < 1.29 is 0 Å². The van der Waals surface area contributed by atoms with Gasteiger partial charge in [0, 0.05) is 35.7 Å². The Morgan fingerprint density at radius 2 is 2.39 bits per heavy atom. The molecule has 2 heterocycles. The van der Waals surface area contributed by atoms with E-state index < -0.39 is 0 Å². The van der Waals surface area contributed by atoms with Gasteiger partial charge in [0.05, 0.1) is 11.9 Å². The van der Waals surface area contributed by atoms with E-state index in [1.807, 2.05) is 30.2 Å². The standard InChI is InChI=1S/C13H16N4S/c14-8-12-7-13(18-10-12)9-15-3-1-2-5-17-6-4-16-11-17/h4,6-7,10-11,15H,1-3,5,9H2. The molecule has 1 N–H and O–H groups in total. The summed E-state index contributed by atoms with van der Waals surface area (Å²) in [5.74, 6) is 0. The Kier molecular flexibility index (Phi) is 4.94. The molecule has 0 saturated carbocycles. The number of unbranched alkanes of at least 4 members (excludes halogenated alkanes) is 1. The zero-order valence-corrected chi connectivity index (χ0v) is 11.0. The molecule has 2 aromatic rings. The van der Waals surface area contributed by atoms with Crippen LogP contribution in [0.15, 0.2) is 30.2 Å². The first-order valence-corrected chi connectivity index (χ1v) is 6.90. The first kappa shape index (κ1) is 12.8. The number of nitrogens with one attached hydrogen (secondary N) is 1. The van der Waals surface area contributed by atoms with Gasteiger partial charge in [0.25, 0.3) is 0 Å². The molecule has 4 nitrogen and oxygen atoms in total. The normalized spacial score (nSPS) is 10.4. The Labute approximate surface area is 111 Å². The van der Waals surface area contributed by atoms with Crippen LogP contribution in [0.1, 0.15) is 23.3 Å². The van der Waals surface area contributed by atoms with Gasteiger partial charge in [0.1, 0.15) is 6.07 Å². The highest BCUT2D eigenvalue weighted by molar-refractivity contribution is 7.10. The lowest BCUT2D eigenvalue weighted by molar-refractivity contribution is 0.570. The minimum absolute atomic E-state index is 0.761. The molecule has 5 heteroatoms.